The van der Waals surface area contributed by atoms with Crippen molar-refractivity contribution >= 4 is 23.6 Å². The van der Waals surface area contributed by atoms with E-state index in [2.05, 4.69) is 10.3 Å². The SMILES string of the molecule is O=C(O)/C=C/c1cccc(NC(=O)c2cc[nH]c(=O)c2)c1. The lowest BCUT2D eigenvalue weighted by Crippen LogP contribution is -2.15. The van der Waals surface area contributed by atoms with E-state index in [-0.39, 0.29) is 11.1 Å². The van der Waals surface area contributed by atoms with Crippen molar-refractivity contribution in [2.24, 2.45) is 0 Å². The lowest BCUT2D eigenvalue weighted by Gasteiger charge is -2.05. The van der Waals surface area contributed by atoms with Gasteiger partial charge < -0.3 is 15.4 Å². The molecule has 1 aromatic carbocycles. The minimum Gasteiger partial charge on any atom is -0.478 e. The molecule has 1 amide bonds. The van der Waals surface area contributed by atoms with Crippen LogP contribution in [0.5, 0.6) is 0 Å². The molecule has 6 heteroatoms. The molecular formula is C15H12N2O4. The number of aromatic amines is 1. The summed E-state index contributed by atoms with van der Waals surface area (Å²) in [6, 6.07) is 9.39. The molecule has 0 saturated carbocycles. The summed E-state index contributed by atoms with van der Waals surface area (Å²) >= 11 is 0. The average molecular weight is 284 g/mol. The van der Waals surface area contributed by atoms with Crippen molar-refractivity contribution in [1.29, 1.82) is 0 Å². The summed E-state index contributed by atoms with van der Waals surface area (Å²) in [4.78, 5) is 36.0. The molecule has 6 nitrogen and oxygen atoms in total. The summed E-state index contributed by atoms with van der Waals surface area (Å²) < 4.78 is 0. The van der Waals surface area contributed by atoms with E-state index in [0.717, 1.165) is 6.08 Å². The van der Waals surface area contributed by atoms with Crippen LogP contribution in [0, 0.1) is 0 Å². The quantitative estimate of drug-likeness (QED) is 0.744. The van der Waals surface area contributed by atoms with Gasteiger partial charge in [-0.15, -0.1) is 0 Å². The van der Waals surface area contributed by atoms with Gasteiger partial charge in [0.15, 0.2) is 0 Å². The molecule has 0 bridgehead atoms. The van der Waals surface area contributed by atoms with Crippen LogP contribution < -0.4 is 10.9 Å². The summed E-state index contributed by atoms with van der Waals surface area (Å²) in [6.45, 7) is 0. The highest BCUT2D eigenvalue weighted by molar-refractivity contribution is 6.04. The molecular weight excluding hydrogens is 272 g/mol. The highest BCUT2D eigenvalue weighted by Gasteiger charge is 2.06. The Morgan fingerprint density at radius 1 is 1.19 bits per heavy atom. The Bertz CT molecular complexity index is 762. The van der Waals surface area contributed by atoms with Gasteiger partial charge >= 0.3 is 5.97 Å². The van der Waals surface area contributed by atoms with Gasteiger partial charge in [-0.1, -0.05) is 12.1 Å². The van der Waals surface area contributed by atoms with Crippen molar-refractivity contribution in [3.05, 3.63) is 70.2 Å². The van der Waals surface area contributed by atoms with E-state index in [1.165, 1.54) is 24.4 Å². The van der Waals surface area contributed by atoms with Crippen molar-refractivity contribution in [2.75, 3.05) is 5.32 Å². The molecule has 106 valence electrons. The van der Waals surface area contributed by atoms with Crippen molar-refractivity contribution in [3.63, 3.8) is 0 Å². The van der Waals surface area contributed by atoms with Crippen LogP contribution in [0.4, 0.5) is 5.69 Å². The molecule has 1 aromatic heterocycles. The smallest absolute Gasteiger partial charge is 0.328 e. The highest BCUT2D eigenvalue weighted by atomic mass is 16.4. The molecule has 0 radical (unpaired) electrons. The fourth-order valence-electron chi connectivity index (χ4n) is 1.68. The molecule has 0 atom stereocenters. The van der Waals surface area contributed by atoms with E-state index in [0.29, 0.717) is 11.3 Å². The number of carboxylic acid groups (broad SMARTS) is 1. The van der Waals surface area contributed by atoms with Gasteiger partial charge in [-0.3, -0.25) is 9.59 Å². The fourth-order valence-corrected chi connectivity index (χ4v) is 1.68. The van der Waals surface area contributed by atoms with Crippen molar-refractivity contribution in [1.82, 2.24) is 4.98 Å². The molecule has 1 heterocycles. The standard InChI is InChI=1S/C15H12N2O4/c18-13-9-11(6-7-16-13)15(21)17-12-3-1-2-10(8-12)4-5-14(19)20/h1-9H,(H,16,18)(H,17,21)(H,19,20)/b5-4+. The Balaban J connectivity index is 2.16. The Labute approximate surface area is 119 Å². The van der Waals surface area contributed by atoms with Gasteiger partial charge in [0, 0.05) is 29.6 Å². The zero-order valence-electron chi connectivity index (χ0n) is 10.9. The number of H-pyrrole nitrogens is 1. The second kappa shape index (κ2) is 6.33. The maximum atomic E-state index is 12.0. The normalized spacial score (nSPS) is 10.5. The van der Waals surface area contributed by atoms with Crippen LogP contribution in [0.25, 0.3) is 6.08 Å². The van der Waals surface area contributed by atoms with E-state index in [1.54, 1.807) is 24.3 Å². The molecule has 0 aliphatic heterocycles. The zero-order valence-corrected chi connectivity index (χ0v) is 10.9. The van der Waals surface area contributed by atoms with Crippen molar-refractivity contribution in [3.8, 4) is 0 Å². The van der Waals surface area contributed by atoms with Gasteiger partial charge in [-0.25, -0.2) is 4.79 Å². The second-order valence-corrected chi connectivity index (χ2v) is 4.19. The summed E-state index contributed by atoms with van der Waals surface area (Å²) in [7, 11) is 0. The number of rotatable bonds is 4. The van der Waals surface area contributed by atoms with Crippen LogP contribution in [0.15, 0.2) is 53.5 Å². The van der Waals surface area contributed by atoms with Crippen LogP contribution in [-0.2, 0) is 4.79 Å². The number of hydrogen-bond donors (Lipinski definition) is 3. The molecule has 0 aliphatic rings. The molecule has 0 saturated heterocycles. The number of carbonyl (C=O) groups is 2. The molecule has 2 aromatic rings. The number of hydrogen-bond acceptors (Lipinski definition) is 3. The van der Waals surface area contributed by atoms with Crippen LogP contribution in [0.3, 0.4) is 0 Å². The number of amides is 1. The predicted molar refractivity (Wildman–Crippen MR) is 78.1 cm³/mol. The number of carbonyl (C=O) groups excluding carboxylic acids is 1. The van der Waals surface area contributed by atoms with E-state index in [9.17, 15) is 14.4 Å². The number of pyridine rings is 1. The monoisotopic (exact) mass is 284 g/mol. The molecule has 0 spiro atoms. The summed E-state index contributed by atoms with van der Waals surface area (Å²) in [5, 5.41) is 11.2. The molecule has 0 aliphatic carbocycles. The number of carboxylic acids is 1. The highest BCUT2D eigenvalue weighted by Crippen LogP contribution is 2.13. The summed E-state index contributed by atoms with van der Waals surface area (Å²) in [5.74, 6) is -1.46. The topological polar surface area (TPSA) is 99.3 Å². The van der Waals surface area contributed by atoms with Gasteiger partial charge in [0.2, 0.25) is 5.56 Å². The van der Waals surface area contributed by atoms with Gasteiger partial charge in [0.05, 0.1) is 0 Å². The minimum atomic E-state index is -1.05. The third-order valence-corrected chi connectivity index (χ3v) is 2.60. The third-order valence-electron chi connectivity index (χ3n) is 2.60. The van der Waals surface area contributed by atoms with E-state index >= 15 is 0 Å². The van der Waals surface area contributed by atoms with Crippen LogP contribution in [-0.4, -0.2) is 22.0 Å². The van der Waals surface area contributed by atoms with Gasteiger partial charge in [0.25, 0.3) is 5.91 Å². The van der Waals surface area contributed by atoms with Crippen LogP contribution in [0.1, 0.15) is 15.9 Å². The van der Waals surface area contributed by atoms with Gasteiger partial charge in [-0.2, -0.15) is 0 Å². The van der Waals surface area contributed by atoms with E-state index < -0.39 is 11.9 Å². The Morgan fingerprint density at radius 2 is 2.00 bits per heavy atom. The van der Waals surface area contributed by atoms with Crippen molar-refractivity contribution in [2.45, 2.75) is 0 Å². The zero-order chi connectivity index (χ0) is 15.2. The Hall–Kier alpha value is -3.15. The third kappa shape index (κ3) is 4.17. The maximum absolute atomic E-state index is 12.0. The molecule has 21 heavy (non-hydrogen) atoms. The van der Waals surface area contributed by atoms with Gasteiger partial charge in [0.1, 0.15) is 0 Å². The van der Waals surface area contributed by atoms with Crippen LogP contribution in [0.2, 0.25) is 0 Å². The minimum absolute atomic E-state index is 0.241. The Morgan fingerprint density at radius 3 is 2.71 bits per heavy atom. The second-order valence-electron chi connectivity index (χ2n) is 4.19. The first kappa shape index (κ1) is 14.3. The molecule has 3 N–H and O–H groups in total. The number of nitrogens with one attached hydrogen (secondary N) is 2. The lowest BCUT2D eigenvalue weighted by molar-refractivity contribution is -0.131. The number of aliphatic carboxylic acids is 1. The first-order valence-corrected chi connectivity index (χ1v) is 6.06. The molecule has 0 fully saturated rings. The van der Waals surface area contributed by atoms with Gasteiger partial charge in [-0.05, 0) is 29.8 Å². The summed E-state index contributed by atoms with van der Waals surface area (Å²) in [5.41, 5.74) is 1.03. The predicted octanol–water partition coefficient (Wildman–Crippen LogP) is 1.72. The number of aromatic nitrogens is 1. The average Bonchev–Trinajstić information content (AvgIpc) is 2.45. The Kier molecular flexibility index (Phi) is 4.30. The number of benzene rings is 1. The fraction of sp³-hybridized carbons (Fsp3) is 0. The van der Waals surface area contributed by atoms with Crippen molar-refractivity contribution < 1.29 is 14.7 Å². The largest absolute Gasteiger partial charge is 0.478 e. The van der Waals surface area contributed by atoms with E-state index in [4.69, 9.17) is 5.11 Å². The molecule has 0 unspecified atom stereocenters. The van der Waals surface area contributed by atoms with E-state index in [1.807, 2.05) is 0 Å². The number of anilines is 1. The van der Waals surface area contributed by atoms with Crippen LogP contribution >= 0.6 is 0 Å². The first-order chi connectivity index (χ1) is 10.0. The summed E-state index contributed by atoms with van der Waals surface area (Å²) in [6.07, 6.45) is 3.83. The maximum Gasteiger partial charge on any atom is 0.328 e. The molecule has 2 rings (SSSR count). The first-order valence-electron chi connectivity index (χ1n) is 6.06. The lowest BCUT2D eigenvalue weighted by atomic mass is 10.1.